The highest BCUT2D eigenvalue weighted by Crippen LogP contribution is 2.44. The minimum Gasteiger partial charge on any atom is -0.367 e. The second kappa shape index (κ2) is 6.00. The summed E-state index contributed by atoms with van der Waals surface area (Å²) in [5, 5.41) is 0. The minimum atomic E-state index is -3.78. The molecular weight excluding hydrogens is 316 g/mol. The van der Waals surface area contributed by atoms with Crippen molar-refractivity contribution in [2.24, 2.45) is 11.8 Å². The molecule has 3 atom stereocenters. The second-order valence-electron chi connectivity index (χ2n) is 6.56. The molecule has 2 bridgehead atoms. The zero-order valence-corrected chi connectivity index (χ0v) is 14.3. The highest BCUT2D eigenvalue weighted by Gasteiger charge is 2.52. The van der Waals surface area contributed by atoms with E-state index in [1.807, 2.05) is 13.8 Å². The molecule has 3 unspecified atom stereocenters. The quantitative estimate of drug-likeness (QED) is 0.772. The lowest BCUT2D eigenvalue weighted by Crippen LogP contribution is -2.43. The van der Waals surface area contributed by atoms with Gasteiger partial charge in [0.1, 0.15) is 5.60 Å². The number of Topliss-reactive ketones (excluding diaryl/α,β-unsaturated/α-hetero) is 1. The molecule has 0 radical (unpaired) electrons. The third-order valence-corrected chi connectivity index (χ3v) is 6.40. The normalized spacial score (nSPS) is 30.6. The number of hydrogen-bond acceptors (Lipinski definition) is 5. The van der Waals surface area contributed by atoms with Gasteiger partial charge in [0, 0.05) is 6.42 Å². The molecule has 1 aromatic carbocycles. The Labute approximate surface area is 137 Å². The van der Waals surface area contributed by atoms with E-state index in [1.54, 1.807) is 12.1 Å². The first-order chi connectivity index (χ1) is 10.9. The third-order valence-electron chi connectivity index (χ3n) is 5.11. The number of carbonyl (C=O) groups excluding carboxylic acids is 1. The Kier molecular flexibility index (Phi) is 4.33. The van der Waals surface area contributed by atoms with Crippen LogP contribution in [0, 0.1) is 18.8 Å². The van der Waals surface area contributed by atoms with Gasteiger partial charge < -0.3 is 4.74 Å². The Morgan fingerprint density at radius 1 is 1.30 bits per heavy atom. The van der Waals surface area contributed by atoms with Gasteiger partial charge in [0.2, 0.25) is 0 Å². The van der Waals surface area contributed by atoms with Gasteiger partial charge in [0.15, 0.2) is 5.78 Å². The van der Waals surface area contributed by atoms with Crippen LogP contribution in [0.2, 0.25) is 0 Å². The van der Waals surface area contributed by atoms with Crippen LogP contribution in [0.3, 0.4) is 0 Å². The van der Waals surface area contributed by atoms with E-state index >= 15 is 0 Å². The maximum absolute atomic E-state index is 12.3. The fraction of sp³-hybridized carbons (Fsp3) is 0.588. The van der Waals surface area contributed by atoms with Gasteiger partial charge >= 0.3 is 0 Å². The van der Waals surface area contributed by atoms with Crippen molar-refractivity contribution in [2.45, 2.75) is 43.6 Å². The summed E-state index contributed by atoms with van der Waals surface area (Å²) in [5.74, 6) is 0.181. The summed E-state index contributed by atoms with van der Waals surface area (Å²) >= 11 is 0. The summed E-state index contributed by atoms with van der Waals surface area (Å²) in [6, 6.07) is 6.55. The monoisotopic (exact) mass is 338 g/mol. The second-order valence-corrected chi connectivity index (χ2v) is 8.18. The van der Waals surface area contributed by atoms with Gasteiger partial charge in [-0.05, 0) is 43.7 Å². The number of ketones is 1. The molecular formula is C17H22O5S. The molecule has 1 aliphatic heterocycles. The van der Waals surface area contributed by atoms with Crippen LogP contribution >= 0.6 is 0 Å². The summed E-state index contributed by atoms with van der Waals surface area (Å²) in [6.07, 6.45) is 1.69. The van der Waals surface area contributed by atoms with Gasteiger partial charge in [-0.1, -0.05) is 24.6 Å². The summed E-state index contributed by atoms with van der Waals surface area (Å²) in [4.78, 5) is 12.5. The maximum atomic E-state index is 12.3. The third kappa shape index (κ3) is 3.07. The molecule has 0 spiro atoms. The molecule has 126 valence electrons. The van der Waals surface area contributed by atoms with Crippen molar-refractivity contribution in [3.05, 3.63) is 29.8 Å². The fourth-order valence-electron chi connectivity index (χ4n) is 3.48. The SMILES string of the molecule is CCC12CC(CO1)C(COS(=O)(=O)c1ccc(C)cc1)CC2=O. The Hall–Kier alpha value is -1.24. The first-order valence-electron chi connectivity index (χ1n) is 8.00. The largest absolute Gasteiger partial charge is 0.367 e. The molecule has 5 nitrogen and oxygen atoms in total. The van der Waals surface area contributed by atoms with E-state index in [9.17, 15) is 13.2 Å². The average molecular weight is 338 g/mol. The van der Waals surface area contributed by atoms with Crippen LogP contribution in [0.4, 0.5) is 0 Å². The number of hydrogen-bond donors (Lipinski definition) is 0. The van der Waals surface area contributed by atoms with Crippen LogP contribution in [-0.4, -0.2) is 33.0 Å². The van der Waals surface area contributed by atoms with Crippen molar-refractivity contribution >= 4 is 15.9 Å². The van der Waals surface area contributed by atoms with Crippen molar-refractivity contribution in [1.29, 1.82) is 0 Å². The van der Waals surface area contributed by atoms with E-state index in [-0.39, 0.29) is 29.1 Å². The van der Waals surface area contributed by atoms with Crippen LogP contribution in [0.1, 0.15) is 31.7 Å². The van der Waals surface area contributed by atoms with Crippen LogP contribution in [-0.2, 0) is 23.8 Å². The lowest BCUT2D eigenvalue weighted by Gasteiger charge is -2.33. The topological polar surface area (TPSA) is 69.7 Å². The summed E-state index contributed by atoms with van der Waals surface area (Å²) in [7, 11) is -3.78. The summed E-state index contributed by atoms with van der Waals surface area (Å²) < 4.78 is 35.5. The van der Waals surface area contributed by atoms with E-state index in [4.69, 9.17) is 8.92 Å². The van der Waals surface area contributed by atoms with Crippen LogP contribution in [0.5, 0.6) is 0 Å². The Bertz CT molecular complexity index is 694. The molecule has 1 saturated heterocycles. The Morgan fingerprint density at radius 3 is 2.65 bits per heavy atom. The Morgan fingerprint density at radius 2 is 2.00 bits per heavy atom. The molecule has 0 amide bonds. The predicted molar refractivity (Wildman–Crippen MR) is 84.5 cm³/mol. The van der Waals surface area contributed by atoms with E-state index in [1.165, 1.54) is 12.1 Å². The molecule has 2 aliphatic rings. The molecule has 1 saturated carbocycles. The van der Waals surface area contributed by atoms with Crippen LogP contribution < -0.4 is 0 Å². The van der Waals surface area contributed by atoms with Gasteiger partial charge in [0.25, 0.3) is 10.1 Å². The van der Waals surface area contributed by atoms with Crippen molar-refractivity contribution in [2.75, 3.05) is 13.2 Å². The highest BCUT2D eigenvalue weighted by atomic mass is 32.2. The fourth-order valence-corrected chi connectivity index (χ4v) is 4.44. The summed E-state index contributed by atoms with van der Waals surface area (Å²) in [5.41, 5.74) is 0.359. The average Bonchev–Trinajstić information content (AvgIpc) is 2.92. The summed E-state index contributed by atoms with van der Waals surface area (Å²) in [6.45, 7) is 4.40. The molecule has 0 aromatic heterocycles. The minimum absolute atomic E-state index is 0.0375. The zero-order valence-electron chi connectivity index (χ0n) is 13.4. The lowest BCUT2D eigenvalue weighted by atomic mass is 9.73. The smallest absolute Gasteiger partial charge is 0.296 e. The number of ether oxygens (including phenoxy) is 1. The van der Waals surface area contributed by atoms with Crippen LogP contribution in [0.25, 0.3) is 0 Å². The molecule has 23 heavy (non-hydrogen) atoms. The molecule has 1 aliphatic carbocycles. The van der Waals surface area contributed by atoms with Crippen molar-refractivity contribution in [3.8, 4) is 0 Å². The molecule has 6 heteroatoms. The number of rotatable bonds is 5. The van der Waals surface area contributed by atoms with Gasteiger partial charge in [-0.25, -0.2) is 0 Å². The molecule has 3 rings (SSSR count). The standard InChI is InChI=1S/C17H22O5S/c1-3-17-9-14(10-21-17)13(8-16(17)18)11-22-23(19,20)15-6-4-12(2)5-7-15/h4-7,13-14H,3,8-11H2,1-2H3. The van der Waals surface area contributed by atoms with E-state index in [0.29, 0.717) is 25.9 Å². The first-order valence-corrected chi connectivity index (χ1v) is 9.40. The highest BCUT2D eigenvalue weighted by molar-refractivity contribution is 7.86. The van der Waals surface area contributed by atoms with Crippen molar-refractivity contribution < 1.29 is 22.1 Å². The van der Waals surface area contributed by atoms with Gasteiger partial charge in [0.05, 0.1) is 18.1 Å². The van der Waals surface area contributed by atoms with Crippen molar-refractivity contribution in [1.82, 2.24) is 0 Å². The number of benzene rings is 1. The van der Waals surface area contributed by atoms with Gasteiger partial charge in [-0.3, -0.25) is 8.98 Å². The predicted octanol–water partition coefficient (Wildman–Crippen LogP) is 2.47. The molecule has 2 fully saturated rings. The Balaban J connectivity index is 1.67. The van der Waals surface area contributed by atoms with Gasteiger partial charge in [-0.15, -0.1) is 0 Å². The van der Waals surface area contributed by atoms with E-state index in [0.717, 1.165) is 5.56 Å². The van der Waals surface area contributed by atoms with E-state index < -0.39 is 15.7 Å². The lowest BCUT2D eigenvalue weighted by molar-refractivity contribution is -0.141. The molecule has 1 aromatic rings. The van der Waals surface area contributed by atoms with Crippen molar-refractivity contribution in [3.63, 3.8) is 0 Å². The maximum Gasteiger partial charge on any atom is 0.296 e. The van der Waals surface area contributed by atoms with Gasteiger partial charge in [-0.2, -0.15) is 8.42 Å². The zero-order chi connectivity index (χ0) is 16.7. The van der Waals surface area contributed by atoms with E-state index in [2.05, 4.69) is 0 Å². The molecule has 0 N–H and O–H groups in total. The number of aryl methyl sites for hydroxylation is 1. The first kappa shape index (κ1) is 16.6. The number of carbonyl (C=O) groups is 1. The number of fused-ring (bicyclic) bond motifs is 2. The molecule has 1 heterocycles. The van der Waals surface area contributed by atoms with Crippen LogP contribution in [0.15, 0.2) is 29.2 Å².